The van der Waals surface area contributed by atoms with E-state index < -0.39 is 0 Å². The van der Waals surface area contributed by atoms with Crippen molar-refractivity contribution in [3.63, 3.8) is 0 Å². The van der Waals surface area contributed by atoms with Crippen LogP contribution in [0.4, 0.5) is 0 Å². The molecule has 4 nitrogen and oxygen atoms in total. The Kier molecular flexibility index (Phi) is 4.95. The van der Waals surface area contributed by atoms with Crippen molar-refractivity contribution in [3.05, 3.63) is 58.4 Å². The summed E-state index contributed by atoms with van der Waals surface area (Å²) in [4.78, 5) is 4.37. The zero-order valence-corrected chi connectivity index (χ0v) is 12.3. The zero-order valence-electron chi connectivity index (χ0n) is 11.6. The molecule has 0 saturated heterocycles. The van der Waals surface area contributed by atoms with Crippen LogP contribution in [-0.4, -0.2) is 12.1 Å². The van der Waals surface area contributed by atoms with E-state index in [1.165, 1.54) is 0 Å². The van der Waals surface area contributed by atoms with Gasteiger partial charge in [-0.3, -0.25) is 16.3 Å². The predicted octanol–water partition coefficient (Wildman–Crippen LogP) is 2.80. The van der Waals surface area contributed by atoms with Crippen LogP contribution in [0.5, 0.6) is 5.75 Å². The summed E-state index contributed by atoms with van der Waals surface area (Å²) in [5.41, 5.74) is 5.84. The number of hydrazine groups is 1. The smallest absolute Gasteiger partial charge is 0.122 e. The highest BCUT2D eigenvalue weighted by atomic mass is 35.5. The van der Waals surface area contributed by atoms with Crippen LogP contribution in [0.1, 0.15) is 22.9 Å². The number of aryl methyl sites for hydroxylation is 1. The van der Waals surface area contributed by atoms with Gasteiger partial charge in [0, 0.05) is 11.2 Å². The monoisotopic (exact) mass is 291 g/mol. The number of aromatic nitrogens is 1. The number of nitrogens with one attached hydrogen (secondary N) is 1. The number of nitrogens with two attached hydrogens (primary N) is 1. The molecule has 0 radical (unpaired) electrons. The Morgan fingerprint density at radius 3 is 2.80 bits per heavy atom. The highest BCUT2D eigenvalue weighted by molar-refractivity contribution is 6.30. The number of nitrogens with zero attached hydrogens (tertiary/aromatic N) is 1. The molecule has 1 unspecified atom stereocenters. The average Bonchev–Trinajstić information content (AvgIpc) is 2.45. The van der Waals surface area contributed by atoms with Gasteiger partial charge in [0.25, 0.3) is 0 Å². The molecule has 20 heavy (non-hydrogen) atoms. The van der Waals surface area contributed by atoms with Crippen molar-refractivity contribution < 1.29 is 4.74 Å². The first-order valence-electron chi connectivity index (χ1n) is 6.35. The van der Waals surface area contributed by atoms with Crippen LogP contribution in [0.15, 0.2) is 36.5 Å². The maximum atomic E-state index is 6.05. The van der Waals surface area contributed by atoms with Crippen molar-refractivity contribution in [2.45, 2.75) is 19.4 Å². The normalized spacial score (nSPS) is 12.2. The van der Waals surface area contributed by atoms with Gasteiger partial charge in [0.05, 0.1) is 18.8 Å². The molecule has 5 heteroatoms. The first-order valence-corrected chi connectivity index (χ1v) is 6.73. The maximum Gasteiger partial charge on any atom is 0.122 e. The highest BCUT2D eigenvalue weighted by Crippen LogP contribution is 2.27. The maximum absolute atomic E-state index is 6.05. The summed E-state index contributed by atoms with van der Waals surface area (Å²) in [6, 6.07) is 9.43. The molecule has 1 atom stereocenters. The van der Waals surface area contributed by atoms with Gasteiger partial charge in [0.2, 0.25) is 0 Å². The number of rotatable bonds is 5. The second-order valence-corrected chi connectivity index (χ2v) is 5.07. The van der Waals surface area contributed by atoms with Gasteiger partial charge in [0.15, 0.2) is 0 Å². The van der Waals surface area contributed by atoms with Gasteiger partial charge in [-0.15, -0.1) is 0 Å². The van der Waals surface area contributed by atoms with Gasteiger partial charge >= 0.3 is 0 Å². The molecule has 0 aliphatic rings. The standard InChI is InChI=1S/C15H18ClN3O/c1-10-5-6-18-13(7-10)14(19-17)9-11-8-12(16)3-4-15(11)20-2/h3-8,14,19H,9,17H2,1-2H3. The molecule has 106 valence electrons. The number of halogens is 1. The van der Waals surface area contributed by atoms with Gasteiger partial charge in [-0.05, 0) is 54.8 Å². The van der Waals surface area contributed by atoms with Crippen molar-refractivity contribution in [2.24, 2.45) is 5.84 Å². The summed E-state index contributed by atoms with van der Waals surface area (Å²) < 4.78 is 5.36. The molecule has 0 amide bonds. The molecule has 0 bridgehead atoms. The van der Waals surface area contributed by atoms with E-state index >= 15 is 0 Å². The molecule has 2 aromatic rings. The van der Waals surface area contributed by atoms with E-state index in [-0.39, 0.29) is 6.04 Å². The number of ether oxygens (including phenoxy) is 1. The lowest BCUT2D eigenvalue weighted by Crippen LogP contribution is -2.30. The Morgan fingerprint density at radius 1 is 1.35 bits per heavy atom. The van der Waals surface area contributed by atoms with Crippen LogP contribution >= 0.6 is 11.6 Å². The molecule has 0 fully saturated rings. The van der Waals surface area contributed by atoms with Crippen LogP contribution in [0.25, 0.3) is 0 Å². The van der Waals surface area contributed by atoms with Crippen molar-refractivity contribution >= 4 is 11.6 Å². The van der Waals surface area contributed by atoms with Crippen LogP contribution in [0.3, 0.4) is 0 Å². The van der Waals surface area contributed by atoms with Gasteiger partial charge in [-0.2, -0.15) is 0 Å². The molecule has 3 N–H and O–H groups in total. The Balaban J connectivity index is 2.28. The lowest BCUT2D eigenvalue weighted by molar-refractivity contribution is 0.405. The molecule has 1 heterocycles. The van der Waals surface area contributed by atoms with Crippen molar-refractivity contribution in [3.8, 4) is 5.75 Å². The van der Waals surface area contributed by atoms with Crippen molar-refractivity contribution in [1.82, 2.24) is 10.4 Å². The molecule has 0 saturated carbocycles. The molecule has 0 aliphatic heterocycles. The quantitative estimate of drug-likeness (QED) is 0.657. The number of hydrogen-bond donors (Lipinski definition) is 2. The van der Waals surface area contributed by atoms with Crippen molar-refractivity contribution in [1.29, 1.82) is 0 Å². The summed E-state index contributed by atoms with van der Waals surface area (Å²) in [6.07, 6.45) is 2.43. The first-order chi connectivity index (χ1) is 9.63. The minimum Gasteiger partial charge on any atom is -0.496 e. The summed E-state index contributed by atoms with van der Waals surface area (Å²) in [6.45, 7) is 2.03. The molecule has 1 aromatic carbocycles. The minimum atomic E-state index is -0.0951. The lowest BCUT2D eigenvalue weighted by atomic mass is 10.0. The third-order valence-corrected chi connectivity index (χ3v) is 3.40. The molecule has 1 aromatic heterocycles. The van der Waals surface area contributed by atoms with Gasteiger partial charge < -0.3 is 4.74 Å². The summed E-state index contributed by atoms with van der Waals surface area (Å²) in [5, 5.41) is 0.675. The zero-order chi connectivity index (χ0) is 14.5. The van der Waals surface area contributed by atoms with Crippen LogP contribution in [0, 0.1) is 6.92 Å². The van der Waals surface area contributed by atoms with Crippen LogP contribution < -0.4 is 16.0 Å². The van der Waals surface area contributed by atoms with Gasteiger partial charge in [0.1, 0.15) is 5.75 Å². The molecule has 0 aliphatic carbocycles. The SMILES string of the molecule is COc1ccc(Cl)cc1CC(NN)c1cc(C)ccn1. The van der Waals surface area contributed by atoms with Crippen molar-refractivity contribution in [2.75, 3.05) is 7.11 Å². The van der Waals surface area contributed by atoms with E-state index in [0.29, 0.717) is 11.4 Å². The first kappa shape index (κ1) is 14.8. The Bertz CT molecular complexity index is 589. The minimum absolute atomic E-state index is 0.0951. The number of hydrogen-bond acceptors (Lipinski definition) is 4. The van der Waals surface area contributed by atoms with E-state index in [1.54, 1.807) is 19.4 Å². The summed E-state index contributed by atoms with van der Waals surface area (Å²) in [5.74, 6) is 6.46. The fraction of sp³-hybridized carbons (Fsp3) is 0.267. The van der Waals surface area contributed by atoms with Crippen LogP contribution in [0.2, 0.25) is 5.02 Å². The Hall–Kier alpha value is -1.62. The molecular formula is C15H18ClN3O. The highest BCUT2D eigenvalue weighted by Gasteiger charge is 2.15. The second kappa shape index (κ2) is 6.70. The van der Waals surface area contributed by atoms with Gasteiger partial charge in [-0.1, -0.05) is 11.6 Å². The average molecular weight is 292 g/mol. The van der Waals surface area contributed by atoms with E-state index in [4.69, 9.17) is 22.2 Å². The fourth-order valence-electron chi connectivity index (χ4n) is 2.13. The Morgan fingerprint density at radius 2 is 2.15 bits per heavy atom. The van der Waals surface area contributed by atoms with E-state index in [0.717, 1.165) is 22.6 Å². The Labute approximate surface area is 123 Å². The number of benzene rings is 1. The lowest BCUT2D eigenvalue weighted by Gasteiger charge is -2.17. The fourth-order valence-corrected chi connectivity index (χ4v) is 2.32. The van der Waals surface area contributed by atoms with E-state index in [1.807, 2.05) is 31.2 Å². The second-order valence-electron chi connectivity index (χ2n) is 4.64. The largest absolute Gasteiger partial charge is 0.496 e. The van der Waals surface area contributed by atoms with E-state index in [9.17, 15) is 0 Å². The predicted molar refractivity (Wildman–Crippen MR) is 80.7 cm³/mol. The molecule has 2 rings (SSSR count). The molecule has 0 spiro atoms. The molecular weight excluding hydrogens is 274 g/mol. The van der Waals surface area contributed by atoms with Gasteiger partial charge in [-0.25, -0.2) is 0 Å². The summed E-state index contributed by atoms with van der Waals surface area (Å²) in [7, 11) is 1.64. The third kappa shape index (κ3) is 3.48. The topological polar surface area (TPSA) is 60.2 Å². The van der Waals surface area contributed by atoms with E-state index in [2.05, 4.69) is 10.4 Å². The summed E-state index contributed by atoms with van der Waals surface area (Å²) >= 11 is 6.05. The van der Waals surface area contributed by atoms with Crippen LogP contribution in [-0.2, 0) is 6.42 Å². The third-order valence-electron chi connectivity index (χ3n) is 3.16. The number of pyridine rings is 1. The number of methoxy groups -OCH3 is 1.